The van der Waals surface area contributed by atoms with Gasteiger partial charge in [-0.25, -0.2) is 14.6 Å². The minimum absolute atomic E-state index is 0.205. The zero-order valence-electron chi connectivity index (χ0n) is 15.9. The smallest absolute Gasteiger partial charge is 0.342 e. The Balaban J connectivity index is 1.63. The van der Waals surface area contributed by atoms with Crippen LogP contribution in [0.25, 0.3) is 0 Å². The van der Waals surface area contributed by atoms with E-state index in [1.165, 1.54) is 13.2 Å². The van der Waals surface area contributed by atoms with Gasteiger partial charge in [-0.3, -0.25) is 4.79 Å². The lowest BCUT2D eigenvalue weighted by molar-refractivity contribution is -0.119. The van der Waals surface area contributed by atoms with E-state index in [0.29, 0.717) is 32.1 Å². The molecule has 3 rings (SSSR count). The van der Waals surface area contributed by atoms with Crippen LogP contribution in [0.5, 0.6) is 0 Å². The van der Waals surface area contributed by atoms with Crippen LogP contribution in [0.4, 0.5) is 11.5 Å². The molecule has 1 aliphatic heterocycles. The van der Waals surface area contributed by atoms with Crippen molar-refractivity contribution in [2.45, 2.75) is 0 Å². The summed E-state index contributed by atoms with van der Waals surface area (Å²) < 4.78 is 15.2. The van der Waals surface area contributed by atoms with Crippen molar-refractivity contribution >= 4 is 29.4 Å². The number of rotatable bonds is 6. The Kier molecular flexibility index (Phi) is 6.75. The van der Waals surface area contributed by atoms with Gasteiger partial charge in [-0.1, -0.05) is 12.1 Å². The molecule has 2 aromatic rings. The third-order valence-electron chi connectivity index (χ3n) is 4.26. The average Bonchev–Trinajstić information content (AvgIpc) is 2.78. The fourth-order valence-corrected chi connectivity index (χ4v) is 2.86. The first-order valence-corrected chi connectivity index (χ1v) is 9.02. The molecule has 1 saturated heterocycles. The molecule has 9 heteroatoms. The number of amides is 1. The summed E-state index contributed by atoms with van der Waals surface area (Å²) in [6.07, 6.45) is 1.60. The highest BCUT2D eigenvalue weighted by atomic mass is 16.5. The number of nitrogens with zero attached hydrogens (tertiary/aromatic N) is 2. The molecule has 0 spiro atoms. The number of anilines is 2. The van der Waals surface area contributed by atoms with E-state index in [2.05, 4.69) is 15.0 Å². The maximum absolute atomic E-state index is 12.5. The van der Waals surface area contributed by atoms with Crippen LogP contribution in [0.2, 0.25) is 0 Å². The molecule has 1 amide bonds. The SMILES string of the molecule is COC(=O)c1ccccc1NC(=O)COC(=O)c1cccnc1N1CCOCC1. The van der Waals surface area contributed by atoms with E-state index >= 15 is 0 Å². The second-order valence-corrected chi connectivity index (χ2v) is 6.14. The lowest BCUT2D eigenvalue weighted by atomic mass is 10.2. The largest absolute Gasteiger partial charge is 0.465 e. The molecule has 0 radical (unpaired) electrons. The number of hydrogen-bond donors (Lipinski definition) is 1. The zero-order chi connectivity index (χ0) is 20.6. The summed E-state index contributed by atoms with van der Waals surface area (Å²) in [4.78, 5) is 42.7. The van der Waals surface area contributed by atoms with E-state index < -0.39 is 24.5 Å². The molecule has 0 atom stereocenters. The first-order valence-electron chi connectivity index (χ1n) is 9.02. The van der Waals surface area contributed by atoms with E-state index in [1.54, 1.807) is 36.5 Å². The van der Waals surface area contributed by atoms with Crippen LogP contribution in [0, 0.1) is 0 Å². The molecule has 0 aliphatic carbocycles. The van der Waals surface area contributed by atoms with Crippen LogP contribution in [0.3, 0.4) is 0 Å². The Morgan fingerprint density at radius 1 is 1.07 bits per heavy atom. The number of esters is 2. The van der Waals surface area contributed by atoms with Gasteiger partial charge in [-0.05, 0) is 24.3 Å². The van der Waals surface area contributed by atoms with Crippen molar-refractivity contribution in [1.82, 2.24) is 4.98 Å². The molecule has 1 N–H and O–H groups in total. The summed E-state index contributed by atoms with van der Waals surface area (Å²) in [5.74, 6) is -1.32. The van der Waals surface area contributed by atoms with Gasteiger partial charge in [0.05, 0.1) is 31.6 Å². The van der Waals surface area contributed by atoms with Gasteiger partial charge < -0.3 is 24.4 Å². The quantitative estimate of drug-likeness (QED) is 0.729. The van der Waals surface area contributed by atoms with Crippen molar-refractivity contribution in [2.75, 3.05) is 50.2 Å². The molecule has 29 heavy (non-hydrogen) atoms. The predicted octanol–water partition coefficient (Wildman–Crippen LogP) is 1.50. The molecule has 1 aromatic carbocycles. The van der Waals surface area contributed by atoms with Crippen molar-refractivity contribution in [1.29, 1.82) is 0 Å². The molecule has 0 saturated carbocycles. The fourth-order valence-electron chi connectivity index (χ4n) is 2.86. The van der Waals surface area contributed by atoms with Gasteiger partial charge in [0.1, 0.15) is 11.4 Å². The lowest BCUT2D eigenvalue weighted by Crippen LogP contribution is -2.37. The maximum atomic E-state index is 12.5. The van der Waals surface area contributed by atoms with Crippen LogP contribution in [0.15, 0.2) is 42.6 Å². The molecule has 1 aliphatic rings. The third kappa shape index (κ3) is 5.08. The number of pyridine rings is 1. The summed E-state index contributed by atoms with van der Waals surface area (Å²) in [5, 5.41) is 2.55. The summed E-state index contributed by atoms with van der Waals surface area (Å²) >= 11 is 0. The van der Waals surface area contributed by atoms with Gasteiger partial charge in [0.15, 0.2) is 6.61 Å². The number of methoxy groups -OCH3 is 1. The Bertz CT molecular complexity index is 895. The topological polar surface area (TPSA) is 107 Å². The minimum atomic E-state index is -0.656. The first-order chi connectivity index (χ1) is 14.1. The van der Waals surface area contributed by atoms with Gasteiger partial charge in [0, 0.05) is 19.3 Å². The summed E-state index contributed by atoms with van der Waals surface area (Å²) in [5.41, 5.74) is 0.754. The van der Waals surface area contributed by atoms with E-state index in [9.17, 15) is 14.4 Å². The standard InChI is InChI=1S/C20H21N3O6/c1-27-19(25)14-5-2-3-7-16(14)22-17(24)13-29-20(26)15-6-4-8-21-18(15)23-9-11-28-12-10-23/h2-8H,9-13H2,1H3,(H,22,24). The summed E-state index contributed by atoms with van der Waals surface area (Å²) in [6, 6.07) is 9.63. The molecule has 0 bridgehead atoms. The van der Waals surface area contributed by atoms with E-state index in [1.807, 2.05) is 4.90 Å². The van der Waals surface area contributed by atoms with Gasteiger partial charge in [0.2, 0.25) is 0 Å². The fraction of sp³-hybridized carbons (Fsp3) is 0.300. The van der Waals surface area contributed by atoms with Crippen LogP contribution in [0.1, 0.15) is 20.7 Å². The molecule has 1 fully saturated rings. The van der Waals surface area contributed by atoms with Gasteiger partial charge >= 0.3 is 11.9 Å². The van der Waals surface area contributed by atoms with Gasteiger partial charge in [0.25, 0.3) is 5.91 Å². The molecule has 0 unspecified atom stereocenters. The Hall–Kier alpha value is -3.46. The molecule has 9 nitrogen and oxygen atoms in total. The van der Waals surface area contributed by atoms with E-state index in [0.717, 1.165) is 0 Å². The number of carbonyl (C=O) groups excluding carboxylic acids is 3. The average molecular weight is 399 g/mol. The first kappa shape index (κ1) is 20.3. The number of benzene rings is 1. The van der Waals surface area contributed by atoms with Gasteiger partial charge in [-0.15, -0.1) is 0 Å². The van der Waals surface area contributed by atoms with Crippen LogP contribution in [-0.2, 0) is 19.0 Å². The monoisotopic (exact) mass is 399 g/mol. The number of hydrogen-bond acceptors (Lipinski definition) is 8. The highest BCUT2D eigenvalue weighted by Crippen LogP contribution is 2.20. The second kappa shape index (κ2) is 9.65. The molecule has 2 heterocycles. The second-order valence-electron chi connectivity index (χ2n) is 6.14. The minimum Gasteiger partial charge on any atom is -0.465 e. The van der Waals surface area contributed by atoms with Crippen molar-refractivity contribution in [3.05, 3.63) is 53.7 Å². The van der Waals surface area contributed by atoms with E-state index in [4.69, 9.17) is 9.47 Å². The Morgan fingerprint density at radius 3 is 2.55 bits per heavy atom. The highest BCUT2D eigenvalue weighted by molar-refractivity contribution is 6.02. The number of morpholine rings is 1. The maximum Gasteiger partial charge on any atom is 0.342 e. The number of para-hydroxylation sites is 1. The summed E-state index contributed by atoms with van der Waals surface area (Å²) in [6.45, 7) is 1.82. The van der Waals surface area contributed by atoms with Crippen molar-refractivity contribution in [2.24, 2.45) is 0 Å². The summed E-state index contributed by atoms with van der Waals surface area (Å²) in [7, 11) is 1.25. The predicted molar refractivity (Wildman–Crippen MR) is 104 cm³/mol. The number of ether oxygens (including phenoxy) is 3. The van der Waals surface area contributed by atoms with Gasteiger partial charge in [-0.2, -0.15) is 0 Å². The highest BCUT2D eigenvalue weighted by Gasteiger charge is 2.22. The van der Waals surface area contributed by atoms with Crippen LogP contribution in [-0.4, -0.2) is 62.8 Å². The third-order valence-corrected chi connectivity index (χ3v) is 4.26. The van der Waals surface area contributed by atoms with Crippen molar-refractivity contribution in [3.8, 4) is 0 Å². The number of carbonyl (C=O) groups is 3. The molecule has 152 valence electrons. The number of aromatic nitrogens is 1. The normalized spacial score (nSPS) is 13.5. The van der Waals surface area contributed by atoms with Crippen molar-refractivity contribution < 1.29 is 28.6 Å². The Morgan fingerprint density at radius 2 is 1.79 bits per heavy atom. The van der Waals surface area contributed by atoms with Crippen LogP contribution >= 0.6 is 0 Å². The molecule has 1 aromatic heterocycles. The van der Waals surface area contributed by atoms with E-state index in [-0.39, 0.29) is 16.8 Å². The zero-order valence-corrected chi connectivity index (χ0v) is 15.9. The van der Waals surface area contributed by atoms with Crippen LogP contribution < -0.4 is 10.2 Å². The molecular formula is C20H21N3O6. The molecular weight excluding hydrogens is 378 g/mol. The Labute approximate surface area is 167 Å². The van der Waals surface area contributed by atoms with Crippen molar-refractivity contribution in [3.63, 3.8) is 0 Å². The lowest BCUT2D eigenvalue weighted by Gasteiger charge is -2.28. The number of nitrogens with one attached hydrogen (secondary N) is 1.